The molecule has 10 heteroatoms. The van der Waals surface area contributed by atoms with E-state index in [4.69, 9.17) is 4.74 Å². The molecule has 0 aliphatic carbocycles. The number of ether oxygens (including phenoxy) is 1. The Morgan fingerprint density at radius 3 is 2.50 bits per heavy atom. The zero-order valence-corrected chi connectivity index (χ0v) is 21.5. The minimum absolute atomic E-state index is 0.240. The standard InChI is InChI=1S/C26H30N6O3S/c1-26(2,3)35-25(34)31-12-10-30(11-13-31)22-7-5-4-6-20(22)28-23(33)21-17-36-24(29-21)32-15-18-8-9-27-14-19(18)16-32/h4-9,14,17H,10-13,15-16H2,1-3H3,(H,28,33). The number of fused-ring (bicyclic) bond motifs is 1. The van der Waals surface area contributed by atoms with Crippen LogP contribution in [0.5, 0.6) is 0 Å². The predicted molar refractivity (Wildman–Crippen MR) is 141 cm³/mol. The largest absolute Gasteiger partial charge is 0.444 e. The van der Waals surface area contributed by atoms with Crippen LogP contribution in [0.4, 0.5) is 21.3 Å². The zero-order valence-electron chi connectivity index (χ0n) is 20.7. The van der Waals surface area contributed by atoms with Crippen molar-refractivity contribution in [1.29, 1.82) is 0 Å². The molecule has 2 aliphatic rings. The van der Waals surface area contributed by atoms with Gasteiger partial charge in [-0.2, -0.15) is 0 Å². The summed E-state index contributed by atoms with van der Waals surface area (Å²) in [6, 6.07) is 9.76. The van der Waals surface area contributed by atoms with E-state index in [9.17, 15) is 9.59 Å². The summed E-state index contributed by atoms with van der Waals surface area (Å²) in [5.74, 6) is -0.240. The number of nitrogens with zero attached hydrogens (tertiary/aromatic N) is 5. The molecule has 2 aromatic heterocycles. The van der Waals surface area contributed by atoms with E-state index in [1.807, 2.05) is 57.3 Å². The minimum atomic E-state index is -0.517. The van der Waals surface area contributed by atoms with Crippen LogP contribution in [0.25, 0.3) is 0 Å². The highest BCUT2D eigenvalue weighted by molar-refractivity contribution is 7.13. The van der Waals surface area contributed by atoms with Crippen molar-refractivity contribution < 1.29 is 14.3 Å². The molecule has 0 saturated carbocycles. The van der Waals surface area contributed by atoms with Crippen LogP contribution >= 0.6 is 11.3 Å². The van der Waals surface area contributed by atoms with Crippen LogP contribution in [0, 0.1) is 0 Å². The van der Waals surface area contributed by atoms with E-state index in [1.54, 1.807) is 16.5 Å². The molecule has 0 radical (unpaired) electrons. The van der Waals surface area contributed by atoms with Gasteiger partial charge in [0.1, 0.15) is 11.3 Å². The third-order valence-electron chi connectivity index (χ3n) is 6.15. The first-order chi connectivity index (χ1) is 17.3. The van der Waals surface area contributed by atoms with Crippen LogP contribution in [0.15, 0.2) is 48.1 Å². The predicted octanol–water partition coefficient (Wildman–Crippen LogP) is 4.37. The Balaban J connectivity index is 1.22. The molecule has 1 saturated heterocycles. The van der Waals surface area contributed by atoms with E-state index in [0.29, 0.717) is 31.9 Å². The van der Waals surface area contributed by atoms with Gasteiger partial charge in [-0.3, -0.25) is 9.78 Å². The van der Waals surface area contributed by atoms with Crippen LogP contribution in [-0.4, -0.2) is 58.6 Å². The van der Waals surface area contributed by atoms with Gasteiger partial charge < -0.3 is 24.8 Å². The lowest BCUT2D eigenvalue weighted by Gasteiger charge is -2.37. The molecule has 2 amide bonds. The van der Waals surface area contributed by atoms with Crippen LogP contribution in [0.2, 0.25) is 0 Å². The fourth-order valence-corrected chi connectivity index (χ4v) is 5.17. The first-order valence-corrected chi connectivity index (χ1v) is 12.9. The van der Waals surface area contributed by atoms with Crippen LogP contribution < -0.4 is 15.1 Å². The number of rotatable bonds is 4. The lowest BCUT2D eigenvalue weighted by atomic mass is 10.2. The Morgan fingerprint density at radius 2 is 1.75 bits per heavy atom. The molecule has 0 unspecified atom stereocenters. The third kappa shape index (κ3) is 5.28. The summed E-state index contributed by atoms with van der Waals surface area (Å²) in [7, 11) is 0. The van der Waals surface area contributed by atoms with E-state index in [2.05, 4.69) is 25.1 Å². The van der Waals surface area contributed by atoms with E-state index in [0.717, 1.165) is 29.6 Å². The van der Waals surface area contributed by atoms with Crippen molar-refractivity contribution in [2.24, 2.45) is 0 Å². The van der Waals surface area contributed by atoms with E-state index in [-0.39, 0.29) is 12.0 Å². The summed E-state index contributed by atoms with van der Waals surface area (Å²) < 4.78 is 5.50. The summed E-state index contributed by atoms with van der Waals surface area (Å²) in [6.45, 7) is 9.53. The topological polar surface area (TPSA) is 90.9 Å². The van der Waals surface area contributed by atoms with Gasteiger partial charge >= 0.3 is 6.09 Å². The Kier molecular flexibility index (Phi) is 6.53. The highest BCUT2D eigenvalue weighted by atomic mass is 32.1. The summed E-state index contributed by atoms with van der Waals surface area (Å²) in [5.41, 5.74) is 3.96. The van der Waals surface area contributed by atoms with Gasteiger partial charge in [0.05, 0.1) is 11.4 Å². The van der Waals surface area contributed by atoms with Gasteiger partial charge in [-0.25, -0.2) is 9.78 Å². The molecule has 1 N–H and O–H groups in total. The maximum atomic E-state index is 13.1. The van der Waals surface area contributed by atoms with Crippen molar-refractivity contribution in [1.82, 2.24) is 14.9 Å². The van der Waals surface area contributed by atoms with Crippen LogP contribution in [0.1, 0.15) is 42.4 Å². The maximum absolute atomic E-state index is 13.1. The molecule has 5 rings (SSSR count). The summed E-state index contributed by atoms with van der Waals surface area (Å²) >= 11 is 1.47. The number of nitrogens with one attached hydrogen (secondary N) is 1. The first-order valence-electron chi connectivity index (χ1n) is 12.0. The monoisotopic (exact) mass is 506 g/mol. The molecule has 1 fully saturated rings. The average Bonchev–Trinajstić information content (AvgIpc) is 3.51. The first kappa shape index (κ1) is 24.1. The number of pyridine rings is 1. The second-order valence-electron chi connectivity index (χ2n) is 9.94. The van der Waals surface area contributed by atoms with Gasteiger partial charge in [-0.05, 0) is 50.1 Å². The molecule has 1 aromatic carbocycles. The fraction of sp³-hybridized carbons (Fsp3) is 0.385. The average molecular weight is 507 g/mol. The summed E-state index contributed by atoms with van der Waals surface area (Å²) in [6.07, 6.45) is 3.40. The maximum Gasteiger partial charge on any atom is 0.410 e. The number of thiazole rings is 1. The number of benzene rings is 1. The van der Waals surface area contributed by atoms with Gasteiger partial charge in [-0.15, -0.1) is 11.3 Å². The molecule has 2 aliphatic heterocycles. The number of piperazine rings is 1. The van der Waals surface area contributed by atoms with Crippen LogP contribution in [0.3, 0.4) is 0 Å². The van der Waals surface area contributed by atoms with Gasteiger partial charge in [0, 0.05) is 57.0 Å². The minimum Gasteiger partial charge on any atom is -0.444 e. The molecular weight excluding hydrogens is 476 g/mol. The van der Waals surface area contributed by atoms with Crippen molar-refractivity contribution in [2.45, 2.75) is 39.5 Å². The number of carbonyl (C=O) groups is 2. The van der Waals surface area contributed by atoms with Crippen molar-refractivity contribution in [3.8, 4) is 0 Å². The molecule has 0 bridgehead atoms. The lowest BCUT2D eigenvalue weighted by molar-refractivity contribution is 0.0240. The Bertz CT molecular complexity index is 1240. The molecule has 3 aromatic rings. The van der Waals surface area contributed by atoms with Gasteiger partial charge in [0.15, 0.2) is 5.13 Å². The van der Waals surface area contributed by atoms with E-state index < -0.39 is 5.60 Å². The molecule has 36 heavy (non-hydrogen) atoms. The normalized spacial score (nSPS) is 15.6. The molecule has 0 spiro atoms. The number of aromatic nitrogens is 2. The van der Waals surface area contributed by atoms with Crippen LogP contribution in [-0.2, 0) is 17.8 Å². The van der Waals surface area contributed by atoms with Crippen molar-refractivity contribution in [3.05, 3.63) is 64.9 Å². The number of hydrogen-bond acceptors (Lipinski definition) is 8. The summed E-state index contributed by atoms with van der Waals surface area (Å²) in [5, 5.41) is 5.66. The molecule has 9 nitrogen and oxygen atoms in total. The SMILES string of the molecule is CC(C)(C)OC(=O)N1CCN(c2ccccc2NC(=O)c2csc(N3Cc4ccncc4C3)n2)CC1. The second-order valence-corrected chi connectivity index (χ2v) is 10.8. The fourth-order valence-electron chi connectivity index (χ4n) is 4.37. The molecule has 0 atom stereocenters. The quantitative estimate of drug-likeness (QED) is 0.562. The Morgan fingerprint density at radius 1 is 1.00 bits per heavy atom. The number of carbonyl (C=O) groups excluding carboxylic acids is 2. The number of para-hydroxylation sites is 2. The van der Waals surface area contributed by atoms with Gasteiger partial charge in [-0.1, -0.05) is 12.1 Å². The van der Waals surface area contributed by atoms with Gasteiger partial charge in [0.2, 0.25) is 0 Å². The lowest BCUT2D eigenvalue weighted by Crippen LogP contribution is -2.50. The third-order valence-corrected chi connectivity index (χ3v) is 7.05. The number of anilines is 3. The molecular formula is C26H30N6O3S. The summed E-state index contributed by atoms with van der Waals surface area (Å²) in [4.78, 5) is 40.4. The van der Waals surface area contributed by atoms with Crippen molar-refractivity contribution in [3.63, 3.8) is 0 Å². The van der Waals surface area contributed by atoms with Crippen molar-refractivity contribution >= 4 is 39.8 Å². The molecule has 4 heterocycles. The highest BCUT2D eigenvalue weighted by Crippen LogP contribution is 2.31. The zero-order chi connectivity index (χ0) is 25.3. The number of amides is 2. The van der Waals surface area contributed by atoms with Gasteiger partial charge in [0.25, 0.3) is 5.91 Å². The molecule has 188 valence electrons. The Labute approximate surface area is 214 Å². The highest BCUT2D eigenvalue weighted by Gasteiger charge is 2.27. The second kappa shape index (κ2) is 9.77. The van der Waals surface area contributed by atoms with Crippen molar-refractivity contribution in [2.75, 3.05) is 41.3 Å². The van der Waals surface area contributed by atoms with E-state index >= 15 is 0 Å². The number of hydrogen-bond donors (Lipinski definition) is 1. The van der Waals surface area contributed by atoms with E-state index in [1.165, 1.54) is 22.5 Å². The Hall–Kier alpha value is -3.66. The smallest absolute Gasteiger partial charge is 0.410 e.